The van der Waals surface area contributed by atoms with E-state index in [0.717, 1.165) is 18.8 Å². The Kier molecular flexibility index (Phi) is 4.94. The Hall–Kier alpha value is -3.22. The first-order valence-corrected chi connectivity index (χ1v) is 7.89. The van der Waals surface area contributed by atoms with Gasteiger partial charge in [-0.1, -0.05) is 16.5 Å². The Morgan fingerprint density at radius 1 is 1.22 bits per heavy atom. The van der Waals surface area contributed by atoms with Gasteiger partial charge in [0.25, 0.3) is 5.91 Å². The number of ether oxygens (including phenoxy) is 2. The maximum absolute atomic E-state index is 13.3. The van der Waals surface area contributed by atoms with Crippen molar-refractivity contribution in [2.75, 3.05) is 19.5 Å². The Morgan fingerprint density at radius 3 is 2.41 bits per heavy atom. The Morgan fingerprint density at radius 2 is 1.89 bits per heavy atom. The number of aromatic nitrogens is 4. The molecular weight excluding hydrogens is 391 g/mol. The molecule has 0 fully saturated rings. The van der Waals surface area contributed by atoms with Crippen molar-refractivity contribution >= 4 is 22.4 Å². The highest BCUT2D eigenvalue weighted by molar-refractivity contribution is 7.19. The number of thiazole rings is 1. The lowest BCUT2D eigenvalue weighted by Gasteiger charge is -2.09. The van der Waals surface area contributed by atoms with Crippen molar-refractivity contribution in [3.63, 3.8) is 0 Å². The summed E-state index contributed by atoms with van der Waals surface area (Å²) in [6.45, 7) is 0. The first-order chi connectivity index (χ1) is 12.8. The van der Waals surface area contributed by atoms with E-state index in [1.807, 2.05) is 0 Å². The minimum Gasteiger partial charge on any atom is -0.480 e. The molecule has 9 nitrogen and oxygen atoms in total. The first kappa shape index (κ1) is 18.6. The van der Waals surface area contributed by atoms with Gasteiger partial charge in [0.05, 0.1) is 30.9 Å². The monoisotopic (exact) mass is 401 g/mol. The van der Waals surface area contributed by atoms with Gasteiger partial charge < -0.3 is 14.0 Å². The van der Waals surface area contributed by atoms with Crippen LogP contribution in [0.5, 0.6) is 11.8 Å². The van der Waals surface area contributed by atoms with Gasteiger partial charge in [0, 0.05) is 0 Å². The highest BCUT2D eigenvalue weighted by atomic mass is 32.1. The number of nitrogens with zero attached hydrogens (tertiary/aromatic N) is 4. The molecule has 0 spiro atoms. The average molecular weight is 401 g/mol. The molecule has 0 saturated heterocycles. The van der Waals surface area contributed by atoms with Crippen LogP contribution in [0.3, 0.4) is 0 Å². The minimum atomic E-state index is -4.74. The molecule has 0 radical (unpaired) electrons. The van der Waals surface area contributed by atoms with E-state index < -0.39 is 17.8 Å². The molecule has 0 unspecified atom stereocenters. The Balaban J connectivity index is 1.99. The number of alkyl halides is 3. The third-order valence-electron chi connectivity index (χ3n) is 3.20. The molecule has 0 aliphatic rings. The summed E-state index contributed by atoms with van der Waals surface area (Å²) in [6, 6.07) is 0. The zero-order chi connectivity index (χ0) is 19.6. The van der Waals surface area contributed by atoms with Crippen molar-refractivity contribution < 1.29 is 32.0 Å². The van der Waals surface area contributed by atoms with Crippen LogP contribution in [0.15, 0.2) is 23.3 Å². The number of halogens is 3. The third-order valence-corrected chi connectivity index (χ3v) is 4.22. The van der Waals surface area contributed by atoms with E-state index in [4.69, 9.17) is 9.47 Å². The highest BCUT2D eigenvalue weighted by Crippen LogP contribution is 2.42. The van der Waals surface area contributed by atoms with Crippen LogP contribution >= 0.6 is 11.3 Å². The zero-order valence-electron chi connectivity index (χ0n) is 13.7. The molecule has 13 heteroatoms. The normalized spacial score (nSPS) is 11.3. The van der Waals surface area contributed by atoms with Gasteiger partial charge in [-0.05, 0) is 0 Å². The van der Waals surface area contributed by atoms with Crippen LogP contribution in [0.2, 0.25) is 0 Å². The summed E-state index contributed by atoms with van der Waals surface area (Å²) in [5, 5.41) is 5.37. The molecule has 0 aliphatic carbocycles. The highest BCUT2D eigenvalue weighted by Gasteiger charge is 2.38. The largest absolute Gasteiger partial charge is 0.480 e. The second kappa shape index (κ2) is 7.19. The smallest absolute Gasteiger partial charge is 0.434 e. The molecule has 0 saturated carbocycles. The molecule has 0 bridgehead atoms. The number of carbonyl (C=O) groups is 1. The van der Waals surface area contributed by atoms with E-state index >= 15 is 0 Å². The van der Waals surface area contributed by atoms with Crippen LogP contribution in [0.1, 0.15) is 16.1 Å². The van der Waals surface area contributed by atoms with Gasteiger partial charge in [0.15, 0.2) is 16.4 Å². The average Bonchev–Trinajstić information content (AvgIpc) is 3.29. The topological polar surface area (TPSA) is 112 Å². The van der Waals surface area contributed by atoms with E-state index in [9.17, 15) is 18.0 Å². The van der Waals surface area contributed by atoms with Crippen molar-refractivity contribution in [3.05, 3.63) is 30.0 Å². The molecule has 142 valence electrons. The SMILES string of the molecule is COc1ncnc(OC)c1C(=O)Nc1nc(C(F)(F)F)c(-c2cnoc2)s1. The van der Waals surface area contributed by atoms with Crippen molar-refractivity contribution in [1.29, 1.82) is 0 Å². The molecule has 0 aliphatic heterocycles. The van der Waals surface area contributed by atoms with Gasteiger partial charge in [-0.25, -0.2) is 15.0 Å². The number of carbonyl (C=O) groups excluding carboxylic acids is 1. The van der Waals surface area contributed by atoms with E-state index in [2.05, 4.69) is 29.9 Å². The predicted molar refractivity (Wildman–Crippen MR) is 85.7 cm³/mol. The van der Waals surface area contributed by atoms with Crippen LogP contribution in [0, 0.1) is 0 Å². The molecule has 3 rings (SSSR count). The fraction of sp³-hybridized carbons (Fsp3) is 0.214. The summed E-state index contributed by atoms with van der Waals surface area (Å²) in [7, 11) is 2.54. The molecule has 3 heterocycles. The molecule has 0 atom stereocenters. The predicted octanol–water partition coefficient (Wildman–Crippen LogP) is 2.88. The summed E-state index contributed by atoms with van der Waals surface area (Å²) < 4.78 is 54.4. The summed E-state index contributed by atoms with van der Waals surface area (Å²) in [5.74, 6) is -1.05. The van der Waals surface area contributed by atoms with Gasteiger partial charge in [0.2, 0.25) is 11.8 Å². The quantitative estimate of drug-likeness (QED) is 0.695. The fourth-order valence-corrected chi connectivity index (χ4v) is 3.05. The van der Waals surface area contributed by atoms with Crippen LogP contribution < -0.4 is 14.8 Å². The lowest BCUT2D eigenvalue weighted by atomic mass is 10.2. The minimum absolute atomic E-state index is 0.0820. The third kappa shape index (κ3) is 3.67. The lowest BCUT2D eigenvalue weighted by Crippen LogP contribution is -2.16. The van der Waals surface area contributed by atoms with E-state index in [-0.39, 0.29) is 32.9 Å². The number of anilines is 1. The Labute approximate surface area is 153 Å². The molecule has 3 aromatic heterocycles. The molecule has 0 aromatic carbocycles. The maximum atomic E-state index is 13.3. The number of rotatable bonds is 5. The Bertz CT molecular complexity index is 936. The van der Waals surface area contributed by atoms with E-state index in [1.165, 1.54) is 14.2 Å². The van der Waals surface area contributed by atoms with Crippen LogP contribution in [0.25, 0.3) is 10.4 Å². The second-order valence-corrected chi connectivity index (χ2v) is 5.83. The van der Waals surface area contributed by atoms with E-state index in [1.54, 1.807) is 0 Å². The number of hydrogen-bond acceptors (Lipinski definition) is 9. The van der Waals surface area contributed by atoms with Crippen molar-refractivity contribution in [1.82, 2.24) is 20.1 Å². The van der Waals surface area contributed by atoms with Crippen molar-refractivity contribution in [3.8, 4) is 22.2 Å². The van der Waals surface area contributed by atoms with Crippen LogP contribution in [0.4, 0.5) is 18.3 Å². The first-order valence-electron chi connectivity index (χ1n) is 7.07. The lowest BCUT2D eigenvalue weighted by molar-refractivity contribution is -0.140. The fourth-order valence-electron chi connectivity index (χ4n) is 2.10. The number of hydrogen-bond donors (Lipinski definition) is 1. The summed E-state index contributed by atoms with van der Waals surface area (Å²) >= 11 is 0.609. The number of methoxy groups -OCH3 is 2. The summed E-state index contributed by atoms with van der Waals surface area (Å²) in [5.41, 5.74) is -1.27. The van der Waals surface area contributed by atoms with Crippen LogP contribution in [-0.4, -0.2) is 40.2 Å². The molecule has 3 aromatic rings. The molecule has 1 N–H and O–H groups in total. The second-order valence-electron chi connectivity index (χ2n) is 4.83. The van der Waals surface area contributed by atoms with Gasteiger partial charge in [-0.15, -0.1) is 0 Å². The van der Waals surface area contributed by atoms with Gasteiger partial charge >= 0.3 is 6.18 Å². The van der Waals surface area contributed by atoms with Gasteiger partial charge in [0.1, 0.15) is 12.6 Å². The maximum Gasteiger partial charge on any atom is 0.434 e. The van der Waals surface area contributed by atoms with E-state index in [0.29, 0.717) is 11.3 Å². The molecule has 1 amide bonds. The number of nitrogens with one attached hydrogen (secondary N) is 1. The van der Waals surface area contributed by atoms with Crippen molar-refractivity contribution in [2.45, 2.75) is 6.18 Å². The van der Waals surface area contributed by atoms with Gasteiger partial charge in [-0.3, -0.25) is 10.1 Å². The summed E-state index contributed by atoms with van der Waals surface area (Å²) in [6.07, 6.45) is -1.46. The standard InChI is InChI=1S/C14H10F3N5O4S/c1-24-11-7(12(25-2)19-5-18-11)10(23)22-13-21-9(14(15,16)17)8(27-13)6-3-20-26-4-6/h3-5H,1-2H3,(H,21,22,23). The molecular formula is C14H10F3N5O4S. The van der Waals surface area contributed by atoms with Crippen LogP contribution in [-0.2, 0) is 6.18 Å². The number of amides is 1. The zero-order valence-corrected chi connectivity index (χ0v) is 14.5. The van der Waals surface area contributed by atoms with Crippen molar-refractivity contribution in [2.24, 2.45) is 0 Å². The van der Waals surface area contributed by atoms with Gasteiger partial charge in [-0.2, -0.15) is 13.2 Å². The molecule has 27 heavy (non-hydrogen) atoms. The summed E-state index contributed by atoms with van der Waals surface area (Å²) in [4.78, 5) is 23.3.